The van der Waals surface area contributed by atoms with Gasteiger partial charge in [0.25, 0.3) is 0 Å². The van der Waals surface area contributed by atoms with Crippen LogP contribution >= 0.6 is 0 Å². The van der Waals surface area contributed by atoms with Crippen molar-refractivity contribution in [3.05, 3.63) is 35.0 Å². The molecule has 0 saturated carbocycles. The number of nitrogens with zero attached hydrogens (tertiary/aromatic N) is 1. The van der Waals surface area contributed by atoms with E-state index in [0.29, 0.717) is 0 Å². The number of carbonyl (C=O) groups is 2. The van der Waals surface area contributed by atoms with Gasteiger partial charge in [0.05, 0.1) is 11.8 Å². The number of hydrogen-bond donors (Lipinski definition) is 3. The monoisotopic (exact) mass is 373 g/mol. The number of hydrogen-bond acceptors (Lipinski definition) is 5. The fourth-order valence-corrected chi connectivity index (χ4v) is 2.15. The van der Waals surface area contributed by atoms with Crippen molar-refractivity contribution in [3.8, 4) is 5.75 Å². The molecule has 7 nitrogen and oxygen atoms in total. The number of ether oxygens (including phenoxy) is 1. The lowest BCUT2D eigenvalue weighted by molar-refractivity contribution is -0.140. The highest BCUT2D eigenvalue weighted by Gasteiger charge is 2.24. The minimum absolute atomic E-state index is 0.0148. The van der Waals surface area contributed by atoms with Gasteiger partial charge in [0.2, 0.25) is 5.82 Å². The van der Waals surface area contributed by atoms with Gasteiger partial charge >= 0.3 is 11.9 Å². The largest absolute Gasteiger partial charge is 0.486 e. The van der Waals surface area contributed by atoms with Gasteiger partial charge in [-0.05, 0) is 31.9 Å². The van der Waals surface area contributed by atoms with Crippen molar-refractivity contribution in [2.45, 2.75) is 33.3 Å². The van der Waals surface area contributed by atoms with Crippen molar-refractivity contribution in [1.82, 2.24) is 0 Å². The van der Waals surface area contributed by atoms with Crippen LogP contribution < -0.4 is 9.64 Å². The molecule has 0 fully saturated rings. The summed E-state index contributed by atoms with van der Waals surface area (Å²) in [7, 11) is 0. The van der Waals surface area contributed by atoms with E-state index >= 15 is 0 Å². The molecule has 1 unspecified atom stereocenters. The molecule has 3 N–H and O–H groups in total. The van der Waals surface area contributed by atoms with Gasteiger partial charge < -0.3 is 25.0 Å². The first-order chi connectivity index (χ1) is 12.1. The summed E-state index contributed by atoms with van der Waals surface area (Å²) in [4.78, 5) is 23.3. The Balaban J connectivity index is 3.58. The summed E-state index contributed by atoms with van der Waals surface area (Å²) < 4.78 is 33.7. The van der Waals surface area contributed by atoms with E-state index < -0.39 is 41.0 Å². The van der Waals surface area contributed by atoms with Crippen LogP contribution in [0.4, 0.5) is 14.5 Å². The molecule has 1 aromatic rings. The molecule has 1 atom stereocenters. The van der Waals surface area contributed by atoms with Crippen molar-refractivity contribution in [3.63, 3.8) is 0 Å². The number of carboxylic acids is 2. The molecule has 0 amide bonds. The molecule has 0 heterocycles. The minimum atomic E-state index is -1.68. The number of aliphatic hydroxyl groups is 1. The summed E-state index contributed by atoms with van der Waals surface area (Å²) >= 11 is 0. The zero-order valence-electron chi connectivity index (χ0n) is 14.6. The number of aryl methyl sites for hydroxylation is 1. The summed E-state index contributed by atoms with van der Waals surface area (Å²) in [5, 5.41) is 27.3. The van der Waals surface area contributed by atoms with Crippen molar-refractivity contribution >= 4 is 17.6 Å². The van der Waals surface area contributed by atoms with Crippen LogP contribution in [-0.4, -0.2) is 46.5 Å². The fourth-order valence-electron chi connectivity index (χ4n) is 2.15. The molecule has 0 aliphatic heterocycles. The number of benzene rings is 1. The summed E-state index contributed by atoms with van der Waals surface area (Å²) in [5.41, 5.74) is -0.971. The number of anilines is 1. The summed E-state index contributed by atoms with van der Waals surface area (Å²) in [6.07, 6.45) is 0.000130. The smallest absolute Gasteiger partial charge is 0.344 e. The number of carboxylic acid groups (broad SMARTS) is 2. The van der Waals surface area contributed by atoms with Crippen molar-refractivity contribution in [2.75, 3.05) is 18.1 Å². The maximum atomic E-state index is 14.4. The van der Waals surface area contributed by atoms with Crippen LogP contribution in [-0.2, 0) is 16.0 Å². The highest BCUT2D eigenvalue weighted by atomic mass is 19.2. The average Bonchev–Trinajstić information content (AvgIpc) is 2.56. The van der Waals surface area contributed by atoms with E-state index in [1.807, 2.05) is 0 Å². The zero-order chi connectivity index (χ0) is 20.0. The quantitative estimate of drug-likeness (QED) is 0.346. The van der Waals surface area contributed by atoms with Gasteiger partial charge in [-0.3, -0.25) is 0 Å². The summed E-state index contributed by atoms with van der Waals surface area (Å²) in [6.45, 7) is 4.29. The molecule has 0 bridgehead atoms. The van der Waals surface area contributed by atoms with E-state index in [0.717, 1.165) is 11.1 Å². The van der Waals surface area contributed by atoms with E-state index in [-0.39, 0.29) is 30.8 Å². The predicted octanol–water partition coefficient (Wildman–Crippen LogP) is 2.17. The van der Waals surface area contributed by atoms with Gasteiger partial charge in [0, 0.05) is 12.7 Å². The molecule has 0 radical (unpaired) electrons. The van der Waals surface area contributed by atoms with E-state index in [2.05, 4.69) is 0 Å². The van der Waals surface area contributed by atoms with Crippen LogP contribution in [0.2, 0.25) is 0 Å². The molecule has 26 heavy (non-hydrogen) atoms. The summed E-state index contributed by atoms with van der Waals surface area (Å²) in [6, 6.07) is 1.26. The molecule has 144 valence electrons. The van der Waals surface area contributed by atoms with Crippen LogP contribution in [0.5, 0.6) is 5.75 Å². The van der Waals surface area contributed by atoms with Gasteiger partial charge in [-0.1, -0.05) is 6.92 Å². The second kappa shape index (κ2) is 9.14. The molecule has 0 aliphatic rings. The lowest BCUT2D eigenvalue weighted by Gasteiger charge is -2.24. The third-order valence-corrected chi connectivity index (χ3v) is 3.46. The molecule has 0 aliphatic carbocycles. The van der Waals surface area contributed by atoms with Crippen LogP contribution in [0.25, 0.3) is 0 Å². The summed E-state index contributed by atoms with van der Waals surface area (Å²) in [5.74, 6) is -6.30. The Labute approximate surface area is 149 Å². The third kappa shape index (κ3) is 4.92. The van der Waals surface area contributed by atoms with E-state index in [9.17, 15) is 23.5 Å². The van der Waals surface area contributed by atoms with Crippen LogP contribution in [0.15, 0.2) is 17.8 Å². The maximum Gasteiger partial charge on any atom is 0.344 e. The molecule has 0 spiro atoms. The molecular weight excluding hydrogens is 352 g/mol. The predicted molar refractivity (Wildman–Crippen MR) is 89.3 cm³/mol. The standard InChI is InChI=1S/C17H21F2NO6/c1-4-10-6-12(15(14(19)13(10)18)26-8-9(3)21)20(5-2)7-11(16(22)23)17(24)25/h6-7,9,21H,4-5,8H2,1-3H3,(H,22,23)(H,24,25). The van der Waals surface area contributed by atoms with Crippen molar-refractivity contribution < 1.29 is 38.4 Å². The van der Waals surface area contributed by atoms with Gasteiger partial charge in [0.15, 0.2) is 17.1 Å². The Hall–Kier alpha value is -2.68. The lowest BCUT2D eigenvalue weighted by Crippen LogP contribution is -2.23. The molecule has 1 aromatic carbocycles. The van der Waals surface area contributed by atoms with E-state index in [1.165, 1.54) is 13.0 Å². The third-order valence-electron chi connectivity index (χ3n) is 3.46. The molecule has 0 saturated heterocycles. The fraction of sp³-hybridized carbons (Fsp3) is 0.412. The first-order valence-corrected chi connectivity index (χ1v) is 7.90. The lowest BCUT2D eigenvalue weighted by atomic mass is 10.1. The van der Waals surface area contributed by atoms with Crippen molar-refractivity contribution in [1.29, 1.82) is 0 Å². The van der Waals surface area contributed by atoms with Crippen LogP contribution in [0.3, 0.4) is 0 Å². The number of aliphatic carboxylic acids is 2. The Kier molecular flexibility index (Phi) is 7.51. The van der Waals surface area contributed by atoms with E-state index in [4.69, 9.17) is 14.9 Å². The van der Waals surface area contributed by atoms with Crippen LogP contribution in [0.1, 0.15) is 26.3 Å². The van der Waals surface area contributed by atoms with Gasteiger partial charge in [-0.25, -0.2) is 14.0 Å². The van der Waals surface area contributed by atoms with Crippen molar-refractivity contribution in [2.24, 2.45) is 0 Å². The normalized spacial score (nSPS) is 11.6. The molecule has 9 heteroatoms. The molecule has 0 aromatic heterocycles. The van der Waals surface area contributed by atoms with Gasteiger partial charge in [0.1, 0.15) is 6.61 Å². The van der Waals surface area contributed by atoms with Crippen LogP contribution in [0, 0.1) is 11.6 Å². The Morgan fingerprint density at radius 3 is 2.23 bits per heavy atom. The minimum Gasteiger partial charge on any atom is -0.486 e. The molecule has 1 rings (SSSR count). The van der Waals surface area contributed by atoms with Gasteiger partial charge in [-0.2, -0.15) is 4.39 Å². The maximum absolute atomic E-state index is 14.4. The SMILES string of the molecule is CCc1cc(N(C=C(C(=O)O)C(=O)O)CC)c(OCC(C)O)c(F)c1F. The first-order valence-electron chi connectivity index (χ1n) is 7.90. The average molecular weight is 373 g/mol. The molecular formula is C17H21F2NO6. The Morgan fingerprint density at radius 2 is 1.81 bits per heavy atom. The zero-order valence-corrected chi connectivity index (χ0v) is 14.6. The van der Waals surface area contributed by atoms with E-state index in [1.54, 1.807) is 13.8 Å². The Morgan fingerprint density at radius 1 is 1.23 bits per heavy atom. The highest BCUT2D eigenvalue weighted by molar-refractivity contribution is 6.12. The highest BCUT2D eigenvalue weighted by Crippen LogP contribution is 2.36. The number of halogens is 2. The number of aliphatic hydroxyl groups excluding tert-OH is 1. The van der Waals surface area contributed by atoms with Gasteiger partial charge in [-0.15, -0.1) is 0 Å². The second-order valence-corrected chi connectivity index (χ2v) is 5.46. The second-order valence-electron chi connectivity index (χ2n) is 5.46. The Bertz CT molecular complexity index is 702. The first kappa shape index (κ1) is 21.4. The topological polar surface area (TPSA) is 107 Å². The number of rotatable bonds is 9.